The zero-order valence-corrected chi connectivity index (χ0v) is 11.8. The van der Waals surface area contributed by atoms with Crippen LogP contribution in [0.1, 0.15) is 16.7 Å². The summed E-state index contributed by atoms with van der Waals surface area (Å²) in [5.41, 5.74) is 8.20. The minimum absolute atomic E-state index is 0.499. The molecule has 0 radical (unpaired) electrons. The number of hydrogen-bond donors (Lipinski definition) is 1. The van der Waals surface area contributed by atoms with Gasteiger partial charge in [-0.2, -0.15) is 0 Å². The summed E-state index contributed by atoms with van der Waals surface area (Å²) in [4.78, 5) is 0. The smallest absolute Gasteiger partial charge is 0.168 e. The fraction of sp³-hybridized carbons (Fsp3) is 0.143. The van der Waals surface area contributed by atoms with E-state index in [0.717, 1.165) is 16.7 Å². The largest absolute Gasteiger partial charge is 0.326 e. The molecule has 4 heteroatoms. The molecule has 2 rings (SSSR count). The van der Waals surface area contributed by atoms with Crippen molar-refractivity contribution in [2.75, 3.05) is 0 Å². The molecule has 0 atom stereocenters. The van der Waals surface area contributed by atoms with Crippen LogP contribution in [0.3, 0.4) is 0 Å². The highest BCUT2D eigenvalue weighted by Gasteiger charge is 2.28. The predicted octanol–water partition coefficient (Wildman–Crippen LogP) is 4.48. The monoisotopic (exact) mass is 299 g/mol. The molecule has 94 valence electrons. The number of halogens is 3. The van der Waals surface area contributed by atoms with Gasteiger partial charge in [0.15, 0.2) is 4.33 Å². The molecular formula is C14H12Cl3N. The Morgan fingerprint density at radius 2 is 1.28 bits per heavy atom. The molecule has 1 nitrogen and oxygen atoms in total. The Hall–Kier alpha value is -0.730. The van der Waals surface area contributed by atoms with Gasteiger partial charge in [-0.25, -0.2) is 0 Å². The lowest BCUT2D eigenvalue weighted by atomic mass is 10.0. The molecule has 0 heterocycles. The fourth-order valence-corrected chi connectivity index (χ4v) is 2.31. The lowest BCUT2D eigenvalue weighted by molar-refractivity contribution is 1.02. The van der Waals surface area contributed by atoms with E-state index < -0.39 is 4.33 Å². The van der Waals surface area contributed by atoms with E-state index in [1.165, 1.54) is 0 Å². The highest BCUT2D eigenvalue weighted by atomic mass is 35.5. The first-order valence-electron chi connectivity index (χ1n) is 5.47. The number of nitrogens with two attached hydrogens (primary N) is 1. The molecular weight excluding hydrogens is 289 g/mol. The Kier molecular flexibility index (Phi) is 4.18. The summed E-state index contributed by atoms with van der Waals surface area (Å²) in [6.07, 6.45) is 0. The van der Waals surface area contributed by atoms with Crippen LogP contribution in [0.25, 0.3) is 0 Å². The molecule has 18 heavy (non-hydrogen) atoms. The van der Waals surface area contributed by atoms with Crippen molar-refractivity contribution in [1.82, 2.24) is 0 Å². The SMILES string of the molecule is NCc1ccc(C(Cl)(Cl)c2ccc(Cl)cc2)cc1. The fourth-order valence-electron chi connectivity index (χ4n) is 1.68. The van der Waals surface area contributed by atoms with Crippen molar-refractivity contribution < 1.29 is 0 Å². The van der Waals surface area contributed by atoms with Gasteiger partial charge in [0, 0.05) is 11.6 Å². The van der Waals surface area contributed by atoms with E-state index in [2.05, 4.69) is 0 Å². The molecule has 0 aliphatic heterocycles. The third kappa shape index (κ3) is 2.81. The van der Waals surface area contributed by atoms with E-state index in [0.29, 0.717) is 11.6 Å². The second-order valence-corrected chi connectivity index (χ2v) is 5.75. The Labute approximate surface area is 121 Å². The molecule has 2 N–H and O–H groups in total. The van der Waals surface area contributed by atoms with Gasteiger partial charge < -0.3 is 5.73 Å². The lowest BCUT2D eigenvalue weighted by Crippen LogP contribution is -2.12. The Bertz CT molecular complexity index is 518. The van der Waals surface area contributed by atoms with Crippen LogP contribution in [0.2, 0.25) is 5.02 Å². The van der Waals surface area contributed by atoms with Gasteiger partial charge in [-0.05, 0) is 28.8 Å². The molecule has 0 bridgehead atoms. The van der Waals surface area contributed by atoms with Crippen LogP contribution in [0.5, 0.6) is 0 Å². The highest BCUT2D eigenvalue weighted by Crippen LogP contribution is 2.41. The molecule has 0 aliphatic carbocycles. The Morgan fingerprint density at radius 3 is 1.72 bits per heavy atom. The highest BCUT2D eigenvalue weighted by molar-refractivity contribution is 6.50. The van der Waals surface area contributed by atoms with E-state index in [-0.39, 0.29) is 0 Å². The van der Waals surface area contributed by atoms with Crippen molar-refractivity contribution in [3.8, 4) is 0 Å². The maximum absolute atomic E-state index is 6.43. The number of rotatable bonds is 3. The topological polar surface area (TPSA) is 26.0 Å². The number of hydrogen-bond acceptors (Lipinski definition) is 1. The third-order valence-corrected chi connectivity index (χ3v) is 3.88. The summed E-state index contributed by atoms with van der Waals surface area (Å²) < 4.78 is -1.09. The van der Waals surface area contributed by atoms with Crippen molar-refractivity contribution in [2.45, 2.75) is 10.9 Å². The van der Waals surface area contributed by atoms with Crippen molar-refractivity contribution in [1.29, 1.82) is 0 Å². The van der Waals surface area contributed by atoms with Gasteiger partial charge in [-0.15, -0.1) is 0 Å². The van der Waals surface area contributed by atoms with Gasteiger partial charge in [0.1, 0.15) is 0 Å². The Balaban J connectivity index is 2.37. The normalized spacial score (nSPS) is 11.6. The van der Waals surface area contributed by atoms with Crippen LogP contribution < -0.4 is 5.73 Å². The average Bonchev–Trinajstić information content (AvgIpc) is 2.39. The van der Waals surface area contributed by atoms with Crippen LogP contribution in [-0.4, -0.2) is 0 Å². The summed E-state index contributed by atoms with van der Waals surface area (Å²) in [6.45, 7) is 0.499. The molecule has 2 aromatic carbocycles. The van der Waals surface area contributed by atoms with E-state index >= 15 is 0 Å². The van der Waals surface area contributed by atoms with Gasteiger partial charge >= 0.3 is 0 Å². The Morgan fingerprint density at radius 1 is 0.833 bits per heavy atom. The van der Waals surface area contributed by atoms with E-state index in [9.17, 15) is 0 Å². The van der Waals surface area contributed by atoms with E-state index in [4.69, 9.17) is 40.5 Å². The molecule has 0 saturated heterocycles. The molecule has 0 spiro atoms. The van der Waals surface area contributed by atoms with Crippen molar-refractivity contribution in [3.05, 3.63) is 70.2 Å². The first-order chi connectivity index (χ1) is 8.54. The predicted molar refractivity (Wildman–Crippen MR) is 78.3 cm³/mol. The van der Waals surface area contributed by atoms with Crippen LogP contribution in [0.15, 0.2) is 48.5 Å². The summed E-state index contributed by atoms with van der Waals surface area (Å²) >= 11 is 18.7. The van der Waals surface area contributed by atoms with Gasteiger partial charge in [-0.3, -0.25) is 0 Å². The zero-order valence-electron chi connectivity index (χ0n) is 9.54. The van der Waals surface area contributed by atoms with Crippen LogP contribution in [-0.2, 0) is 10.9 Å². The molecule has 0 aliphatic rings. The average molecular weight is 301 g/mol. The minimum Gasteiger partial charge on any atom is -0.326 e. The zero-order chi connectivity index (χ0) is 13.2. The molecule has 0 saturated carbocycles. The number of alkyl halides is 2. The third-order valence-electron chi connectivity index (χ3n) is 2.76. The maximum Gasteiger partial charge on any atom is 0.168 e. The van der Waals surface area contributed by atoms with Gasteiger partial charge in [0.25, 0.3) is 0 Å². The molecule has 0 aromatic heterocycles. The molecule has 0 fully saturated rings. The van der Waals surface area contributed by atoms with E-state index in [1.807, 2.05) is 36.4 Å². The lowest BCUT2D eigenvalue weighted by Gasteiger charge is -2.21. The second-order valence-electron chi connectivity index (χ2n) is 3.98. The van der Waals surface area contributed by atoms with Crippen LogP contribution in [0.4, 0.5) is 0 Å². The number of benzene rings is 2. The molecule has 0 amide bonds. The first-order valence-corrected chi connectivity index (χ1v) is 6.61. The molecule has 2 aromatic rings. The van der Waals surface area contributed by atoms with Crippen molar-refractivity contribution in [3.63, 3.8) is 0 Å². The van der Waals surface area contributed by atoms with Gasteiger partial charge in [-0.1, -0.05) is 71.2 Å². The summed E-state index contributed by atoms with van der Waals surface area (Å²) in [7, 11) is 0. The first kappa shape index (κ1) is 13.7. The van der Waals surface area contributed by atoms with Crippen LogP contribution in [0, 0.1) is 0 Å². The van der Waals surface area contributed by atoms with Gasteiger partial charge in [0.05, 0.1) is 0 Å². The maximum atomic E-state index is 6.43. The minimum atomic E-state index is -1.09. The van der Waals surface area contributed by atoms with E-state index in [1.54, 1.807) is 12.1 Å². The van der Waals surface area contributed by atoms with Crippen LogP contribution >= 0.6 is 34.8 Å². The summed E-state index contributed by atoms with van der Waals surface area (Å²) in [5, 5.41) is 0.654. The van der Waals surface area contributed by atoms with Crippen molar-refractivity contribution >= 4 is 34.8 Å². The summed E-state index contributed by atoms with van der Waals surface area (Å²) in [6, 6.07) is 14.8. The van der Waals surface area contributed by atoms with Gasteiger partial charge in [0.2, 0.25) is 0 Å². The molecule has 0 unspecified atom stereocenters. The summed E-state index contributed by atoms with van der Waals surface area (Å²) in [5.74, 6) is 0. The quantitative estimate of drug-likeness (QED) is 0.831. The van der Waals surface area contributed by atoms with Crippen molar-refractivity contribution in [2.24, 2.45) is 5.73 Å². The standard InChI is InChI=1S/C14H12Cl3N/c15-13-7-5-12(6-8-13)14(16,17)11-3-1-10(9-18)2-4-11/h1-8H,9,18H2. The second kappa shape index (κ2) is 5.50.